The fourth-order valence-corrected chi connectivity index (χ4v) is 9.52. The van der Waals surface area contributed by atoms with Crippen LogP contribution in [0.4, 0.5) is 10.5 Å². The van der Waals surface area contributed by atoms with Gasteiger partial charge in [0.15, 0.2) is 6.29 Å². The van der Waals surface area contributed by atoms with Gasteiger partial charge in [0.2, 0.25) is 5.79 Å². The van der Waals surface area contributed by atoms with Crippen LogP contribution in [0.15, 0.2) is 90.1 Å². The number of ether oxygens (including phenoxy) is 5. The van der Waals surface area contributed by atoms with E-state index in [1.165, 1.54) is 19.2 Å². The van der Waals surface area contributed by atoms with E-state index in [0.29, 0.717) is 65.4 Å². The second-order valence-corrected chi connectivity index (χ2v) is 16.5. The largest absolute Gasteiger partial charge is 0.496 e. The molecule has 1 aliphatic heterocycles. The van der Waals surface area contributed by atoms with Crippen LogP contribution in [0.2, 0.25) is 0 Å². The van der Waals surface area contributed by atoms with E-state index in [-0.39, 0.29) is 75.3 Å². The lowest BCUT2D eigenvalue weighted by Crippen LogP contribution is -2.70. The summed E-state index contributed by atoms with van der Waals surface area (Å²) in [6, 6.07) is 15.9. The zero-order chi connectivity index (χ0) is 45.6. The van der Waals surface area contributed by atoms with Crippen LogP contribution in [0.5, 0.6) is 23.0 Å². The highest BCUT2D eigenvalue weighted by atomic mass is 35.5. The zero-order valence-electron chi connectivity index (χ0n) is 36.4. The maximum Gasteiger partial charge on any atom is 0.410 e. The Hall–Kier alpha value is -5.48. The minimum atomic E-state index is -1.51. The summed E-state index contributed by atoms with van der Waals surface area (Å²) in [5, 5.41) is 36.0. The number of aliphatic hydroxyl groups is 2. The van der Waals surface area contributed by atoms with Gasteiger partial charge in [0, 0.05) is 49.8 Å². The number of oxime groups is 1. The number of allylic oxidation sites excluding steroid dienone is 1. The van der Waals surface area contributed by atoms with Crippen LogP contribution in [-0.2, 0) is 20.9 Å². The number of nitro groups is 1. The summed E-state index contributed by atoms with van der Waals surface area (Å²) >= 11 is 6.02. The summed E-state index contributed by atoms with van der Waals surface area (Å²) in [5.41, 5.74) is 3.21. The molecule has 0 radical (unpaired) electrons. The lowest BCUT2D eigenvalue weighted by molar-refractivity contribution is -0.384. The Kier molecular flexibility index (Phi) is 17.2. The number of aliphatic hydroxyl groups excluding tert-OH is 2. The van der Waals surface area contributed by atoms with Crippen LogP contribution in [0, 0.1) is 27.9 Å². The molecule has 0 spiro atoms. The molecule has 0 saturated heterocycles. The average Bonchev–Trinajstić information content (AvgIpc) is 3.30. The Morgan fingerprint density at radius 1 is 1.06 bits per heavy atom. The van der Waals surface area contributed by atoms with Gasteiger partial charge in [0.1, 0.15) is 42.3 Å². The number of halogens is 1. The van der Waals surface area contributed by atoms with E-state index in [1.54, 1.807) is 47.4 Å². The number of unbranched alkanes of at least 4 members (excludes halogenated alkanes) is 2. The number of carbonyl (C=O) groups excluding carboxylic acids is 2. The standard InChI is InChI=1S/C48H58ClN3O12/c1-4-21-51(47(56)60-25-20-49)44-29-41(50-62-31-32-12-14-35(15-13-32)52(57)58)39-27-33(10-6-8-22-53)38(11-7-9-23-54)45-40-28-37(63-36-16-18-42(59-3)34(26-36)30-55)17-19-43(40)64-48(44,46(39)45)61-24-5-2/h5,12-19,26-28,30,33,38,44-46,53-54H,2,4,6-11,20-25,29,31H2,1,3H3/t33-,38+,44-,45+,46+,48+/m0/s1. The number of nitrogens with zero attached hydrogens (tertiary/aromatic N) is 3. The molecule has 0 unspecified atom stereocenters. The molecule has 344 valence electrons. The Morgan fingerprint density at radius 2 is 1.80 bits per heavy atom. The van der Waals surface area contributed by atoms with Crippen molar-refractivity contribution in [3.05, 3.63) is 112 Å². The normalized spacial score (nSPS) is 22.5. The Morgan fingerprint density at radius 3 is 2.47 bits per heavy atom. The van der Waals surface area contributed by atoms with Crippen LogP contribution >= 0.6 is 11.6 Å². The van der Waals surface area contributed by atoms with Crippen molar-refractivity contribution in [2.75, 3.05) is 46.0 Å². The second kappa shape index (κ2) is 22.9. The van der Waals surface area contributed by atoms with Gasteiger partial charge in [0.25, 0.3) is 5.69 Å². The van der Waals surface area contributed by atoms with Crippen molar-refractivity contribution in [3.8, 4) is 23.0 Å². The van der Waals surface area contributed by atoms with Gasteiger partial charge < -0.3 is 38.7 Å². The lowest BCUT2D eigenvalue weighted by atomic mass is 9.55. The van der Waals surface area contributed by atoms with Gasteiger partial charge in [-0.15, -0.1) is 18.2 Å². The van der Waals surface area contributed by atoms with E-state index >= 15 is 0 Å². The van der Waals surface area contributed by atoms with Gasteiger partial charge >= 0.3 is 6.09 Å². The summed E-state index contributed by atoms with van der Waals surface area (Å²) in [6.07, 6.45) is 8.89. The monoisotopic (exact) mass is 903 g/mol. The van der Waals surface area contributed by atoms with Gasteiger partial charge in [-0.25, -0.2) is 4.79 Å². The number of nitro benzene ring substituents is 1. The fraction of sp³-hybridized carbons (Fsp3) is 0.479. The Balaban J connectivity index is 1.56. The molecule has 1 saturated carbocycles. The molecule has 64 heavy (non-hydrogen) atoms. The molecule has 3 aromatic carbocycles. The third kappa shape index (κ3) is 10.7. The molecule has 1 amide bonds. The maximum absolute atomic E-state index is 14.2. The summed E-state index contributed by atoms with van der Waals surface area (Å²) in [4.78, 5) is 44.7. The van der Waals surface area contributed by atoms with E-state index in [4.69, 9.17) is 45.3 Å². The first-order chi connectivity index (χ1) is 31.2. The predicted octanol–water partition coefficient (Wildman–Crippen LogP) is 9.13. The van der Waals surface area contributed by atoms with Gasteiger partial charge in [-0.05, 0) is 104 Å². The van der Waals surface area contributed by atoms with Crippen LogP contribution in [0.25, 0.3) is 0 Å². The van der Waals surface area contributed by atoms with Gasteiger partial charge in [-0.2, -0.15) is 0 Å². The number of benzene rings is 3. The number of non-ortho nitro benzene ring substituents is 1. The average molecular weight is 904 g/mol. The van der Waals surface area contributed by atoms with Crippen LogP contribution in [0.1, 0.15) is 85.7 Å². The molecular weight excluding hydrogens is 846 g/mol. The van der Waals surface area contributed by atoms with Gasteiger partial charge in [-0.1, -0.05) is 37.1 Å². The first-order valence-corrected chi connectivity index (χ1v) is 22.4. The highest BCUT2D eigenvalue weighted by Crippen LogP contribution is 2.62. The van der Waals surface area contributed by atoms with E-state index < -0.39 is 28.8 Å². The molecule has 2 aliphatic carbocycles. The zero-order valence-corrected chi connectivity index (χ0v) is 37.2. The molecule has 6 atom stereocenters. The van der Waals surface area contributed by atoms with Crippen molar-refractivity contribution in [2.45, 2.75) is 82.6 Å². The summed E-state index contributed by atoms with van der Waals surface area (Å²) in [5.74, 6) is -0.523. The van der Waals surface area contributed by atoms with Crippen molar-refractivity contribution >= 4 is 35.4 Å². The highest BCUT2D eigenvalue weighted by Gasteiger charge is 2.65. The molecule has 2 N–H and O–H groups in total. The lowest BCUT2D eigenvalue weighted by Gasteiger charge is -2.59. The predicted molar refractivity (Wildman–Crippen MR) is 240 cm³/mol. The number of hydrogen-bond acceptors (Lipinski definition) is 13. The third-order valence-electron chi connectivity index (χ3n) is 12.1. The summed E-state index contributed by atoms with van der Waals surface area (Å²) < 4.78 is 31.8. The Labute approximate surface area is 378 Å². The first kappa shape index (κ1) is 48.0. The van der Waals surface area contributed by atoms with Crippen molar-refractivity contribution in [2.24, 2.45) is 22.9 Å². The van der Waals surface area contributed by atoms with E-state index in [0.717, 1.165) is 36.8 Å². The number of amides is 1. The summed E-state index contributed by atoms with van der Waals surface area (Å²) in [6.45, 7) is 6.41. The van der Waals surface area contributed by atoms with E-state index in [1.807, 2.05) is 19.1 Å². The highest BCUT2D eigenvalue weighted by molar-refractivity contribution is 6.18. The van der Waals surface area contributed by atoms with Crippen molar-refractivity contribution < 1.29 is 53.2 Å². The number of fused-ring (bicyclic) bond motifs is 2. The molecule has 15 nitrogen and oxygen atoms in total. The number of rotatable bonds is 24. The summed E-state index contributed by atoms with van der Waals surface area (Å²) in [7, 11) is 1.49. The molecule has 16 heteroatoms. The van der Waals surface area contributed by atoms with Crippen LogP contribution in [-0.4, -0.2) is 95.9 Å². The van der Waals surface area contributed by atoms with Crippen LogP contribution < -0.4 is 14.2 Å². The molecule has 1 fully saturated rings. The van der Waals surface area contributed by atoms with Gasteiger partial charge in [0.05, 0.1) is 41.7 Å². The molecular formula is C48H58ClN3O12. The smallest absolute Gasteiger partial charge is 0.410 e. The molecule has 0 aromatic heterocycles. The molecule has 3 aliphatic rings. The van der Waals surface area contributed by atoms with Crippen LogP contribution in [0.3, 0.4) is 0 Å². The number of methoxy groups -OCH3 is 1. The SMILES string of the molecule is C=CCO[C@@]12Oc3ccc(Oc4ccc(OC)c(C=O)c4)cc3[C@H]3[C@H](CCCCO)[C@@H](CCCCO)C=C(C(=NOCc4ccc([N+](=O)[O-])cc4)C[C@@H]1N(CCC)C(=O)OCCCl)[C@H]32. The van der Waals surface area contributed by atoms with E-state index in [9.17, 15) is 29.9 Å². The Bertz CT molecular complexity index is 2150. The molecule has 3 aromatic rings. The number of carbonyl (C=O) groups is 2. The van der Waals surface area contributed by atoms with Gasteiger partial charge in [-0.3, -0.25) is 19.8 Å². The minimum Gasteiger partial charge on any atom is -0.496 e. The van der Waals surface area contributed by atoms with E-state index in [2.05, 4.69) is 12.7 Å². The molecule has 0 bridgehead atoms. The second-order valence-electron chi connectivity index (χ2n) is 16.1. The van der Waals surface area contributed by atoms with Crippen molar-refractivity contribution in [3.63, 3.8) is 0 Å². The number of hydrogen-bond donors (Lipinski definition) is 2. The number of aldehydes is 1. The minimum absolute atomic E-state index is 0.0121. The first-order valence-electron chi connectivity index (χ1n) is 21.9. The third-order valence-corrected chi connectivity index (χ3v) is 12.3. The van der Waals surface area contributed by atoms with Crippen molar-refractivity contribution in [1.29, 1.82) is 0 Å². The fourth-order valence-electron chi connectivity index (χ4n) is 9.44. The molecule has 1 heterocycles. The number of alkyl halides is 1. The topological polar surface area (TPSA) is 189 Å². The van der Waals surface area contributed by atoms with Crippen molar-refractivity contribution in [1.82, 2.24) is 4.90 Å². The maximum atomic E-state index is 14.2. The quantitative estimate of drug-likeness (QED) is 0.0217. The molecule has 6 rings (SSSR count).